The van der Waals surface area contributed by atoms with E-state index in [1.807, 2.05) is 6.20 Å². The number of aryl methyl sites for hydroxylation is 2. The highest BCUT2D eigenvalue weighted by atomic mass is 79.9. The maximum absolute atomic E-state index is 5.14. The van der Waals surface area contributed by atoms with Crippen LogP contribution in [0.2, 0.25) is 0 Å². The Bertz CT molecular complexity index is 2220. The molecular weight excluding hydrogens is 612 g/mol. The maximum atomic E-state index is 5.14. The first-order chi connectivity index (χ1) is 19.1. The molecule has 0 atom stereocenters. The Labute approximate surface area is 240 Å². The number of halogens is 2. The summed E-state index contributed by atoms with van der Waals surface area (Å²) in [7, 11) is 0. The van der Waals surface area contributed by atoms with Crippen LogP contribution in [0.25, 0.3) is 65.8 Å². The lowest BCUT2D eigenvalue weighted by molar-refractivity contribution is 0.970. The van der Waals surface area contributed by atoms with Gasteiger partial charge in [-0.05, 0) is 71.1 Å². The molecule has 0 aliphatic rings. The highest BCUT2D eigenvalue weighted by molar-refractivity contribution is 9.10. The fourth-order valence-corrected chi connectivity index (χ4v) is 6.65. The van der Waals surface area contributed by atoms with Gasteiger partial charge in [-0.3, -0.25) is 0 Å². The second kappa shape index (κ2) is 8.83. The number of nitrogens with one attached hydrogen (secondary N) is 3. The minimum atomic E-state index is 0.876. The van der Waals surface area contributed by atoms with Crippen LogP contribution in [0.3, 0.4) is 0 Å². The van der Waals surface area contributed by atoms with Crippen molar-refractivity contribution in [2.24, 2.45) is 0 Å². The molecule has 188 valence electrons. The smallest absolute Gasteiger partial charge is 0.140 e. The SMILES string of the molecule is Brc1ccc2[nH]cc(CCc3ccc4c(c3)c3ccccc3c3nc(-c5c[nH]c6ccc(Br)cc56)[nH]c43)c2c1. The maximum Gasteiger partial charge on any atom is 0.140 e. The van der Waals surface area contributed by atoms with Crippen LogP contribution in [0.4, 0.5) is 0 Å². The van der Waals surface area contributed by atoms with E-state index in [0.29, 0.717) is 0 Å². The Morgan fingerprint density at radius 2 is 1.36 bits per heavy atom. The van der Waals surface area contributed by atoms with Gasteiger partial charge in [-0.2, -0.15) is 0 Å². The fourth-order valence-electron chi connectivity index (χ4n) is 5.93. The summed E-state index contributed by atoms with van der Waals surface area (Å²) in [6.07, 6.45) is 6.14. The third kappa shape index (κ3) is 3.73. The lowest BCUT2D eigenvalue weighted by Gasteiger charge is -2.09. The summed E-state index contributed by atoms with van der Waals surface area (Å²) in [6, 6.07) is 28.2. The third-order valence-corrected chi connectivity index (χ3v) is 8.83. The van der Waals surface area contributed by atoms with Crippen molar-refractivity contribution in [1.82, 2.24) is 19.9 Å². The molecule has 0 saturated heterocycles. The van der Waals surface area contributed by atoms with E-state index in [0.717, 1.165) is 55.1 Å². The van der Waals surface area contributed by atoms with Gasteiger partial charge in [-0.1, -0.05) is 74.3 Å². The van der Waals surface area contributed by atoms with Crippen LogP contribution in [0.15, 0.2) is 100 Å². The Morgan fingerprint density at radius 3 is 2.21 bits per heavy atom. The summed E-state index contributed by atoms with van der Waals surface area (Å²) in [5.41, 5.74) is 8.11. The van der Waals surface area contributed by atoms with E-state index >= 15 is 0 Å². The van der Waals surface area contributed by atoms with E-state index in [2.05, 4.69) is 132 Å². The number of aromatic nitrogens is 4. The van der Waals surface area contributed by atoms with Crippen molar-refractivity contribution in [2.45, 2.75) is 12.8 Å². The zero-order valence-electron chi connectivity index (χ0n) is 20.8. The first-order valence-electron chi connectivity index (χ1n) is 13.0. The number of H-pyrrole nitrogens is 3. The summed E-state index contributed by atoms with van der Waals surface area (Å²) in [5.74, 6) is 0.876. The average molecular weight is 634 g/mol. The van der Waals surface area contributed by atoms with Crippen molar-refractivity contribution in [3.05, 3.63) is 111 Å². The number of nitrogens with zero attached hydrogens (tertiary/aromatic N) is 1. The zero-order chi connectivity index (χ0) is 26.1. The van der Waals surface area contributed by atoms with Gasteiger partial charge in [-0.25, -0.2) is 4.98 Å². The third-order valence-electron chi connectivity index (χ3n) is 7.84. The van der Waals surface area contributed by atoms with Crippen molar-refractivity contribution in [3.8, 4) is 11.4 Å². The Morgan fingerprint density at radius 1 is 0.615 bits per heavy atom. The Balaban J connectivity index is 1.26. The minimum absolute atomic E-state index is 0.876. The number of benzene rings is 5. The molecule has 39 heavy (non-hydrogen) atoms. The average Bonchev–Trinajstić information content (AvgIpc) is 3.68. The minimum Gasteiger partial charge on any atom is -0.361 e. The molecule has 0 amide bonds. The van der Waals surface area contributed by atoms with Gasteiger partial charge in [-0.15, -0.1) is 0 Å². The lowest BCUT2D eigenvalue weighted by atomic mass is 9.96. The molecule has 8 rings (SSSR count). The molecule has 0 unspecified atom stereocenters. The Kier molecular flexibility index (Phi) is 5.22. The highest BCUT2D eigenvalue weighted by Crippen LogP contribution is 2.37. The molecule has 3 heterocycles. The van der Waals surface area contributed by atoms with Gasteiger partial charge in [0.2, 0.25) is 0 Å². The first kappa shape index (κ1) is 23.1. The van der Waals surface area contributed by atoms with Gasteiger partial charge in [0, 0.05) is 59.5 Å². The summed E-state index contributed by atoms with van der Waals surface area (Å²) in [5, 5.41) is 7.28. The van der Waals surface area contributed by atoms with Crippen molar-refractivity contribution < 1.29 is 0 Å². The standard InChI is InChI=1S/C33H22Br2N4/c34-20-8-11-29-25(14-20)19(16-36-29)7-5-18-6-10-24-26(13-18)22-3-1-2-4-23(22)31-32(24)39-33(38-31)28-17-37-30-12-9-21(35)15-27(28)30/h1-4,6,8-17,36-37H,5,7H2,(H,38,39). The molecule has 5 aromatic carbocycles. The topological polar surface area (TPSA) is 60.3 Å². The second-order valence-corrected chi connectivity index (χ2v) is 12.0. The number of hydrogen-bond donors (Lipinski definition) is 3. The van der Waals surface area contributed by atoms with Crippen LogP contribution in [-0.2, 0) is 12.8 Å². The first-order valence-corrected chi connectivity index (χ1v) is 14.6. The molecule has 4 nitrogen and oxygen atoms in total. The summed E-state index contributed by atoms with van der Waals surface area (Å²) >= 11 is 7.24. The molecular formula is C33H22Br2N4. The van der Waals surface area contributed by atoms with E-state index in [-0.39, 0.29) is 0 Å². The molecule has 3 aromatic heterocycles. The monoisotopic (exact) mass is 632 g/mol. The summed E-state index contributed by atoms with van der Waals surface area (Å²) in [6.45, 7) is 0. The van der Waals surface area contributed by atoms with E-state index in [1.165, 1.54) is 43.6 Å². The number of rotatable bonds is 4. The molecule has 0 bridgehead atoms. The normalized spacial score (nSPS) is 12.1. The Hall–Kier alpha value is -3.87. The van der Waals surface area contributed by atoms with Crippen molar-refractivity contribution in [1.29, 1.82) is 0 Å². The second-order valence-electron chi connectivity index (χ2n) is 10.1. The van der Waals surface area contributed by atoms with E-state index < -0.39 is 0 Å². The predicted molar refractivity (Wildman–Crippen MR) is 170 cm³/mol. The molecule has 0 spiro atoms. The van der Waals surface area contributed by atoms with Crippen LogP contribution in [-0.4, -0.2) is 19.9 Å². The van der Waals surface area contributed by atoms with Gasteiger partial charge in [0.1, 0.15) is 5.82 Å². The van der Waals surface area contributed by atoms with E-state index in [9.17, 15) is 0 Å². The predicted octanol–water partition coefficient (Wildman–Crippen LogP) is 9.81. The zero-order valence-corrected chi connectivity index (χ0v) is 23.9. The van der Waals surface area contributed by atoms with Crippen molar-refractivity contribution >= 4 is 86.2 Å². The molecule has 0 aliphatic heterocycles. The number of aromatic amines is 3. The van der Waals surface area contributed by atoms with E-state index in [4.69, 9.17) is 4.98 Å². The molecule has 0 fully saturated rings. The lowest BCUT2D eigenvalue weighted by Crippen LogP contribution is -1.91. The fraction of sp³-hybridized carbons (Fsp3) is 0.0606. The summed E-state index contributed by atoms with van der Waals surface area (Å²) < 4.78 is 2.16. The molecule has 8 aromatic rings. The highest BCUT2D eigenvalue weighted by Gasteiger charge is 2.16. The van der Waals surface area contributed by atoms with E-state index in [1.54, 1.807) is 0 Å². The van der Waals surface area contributed by atoms with Crippen LogP contribution < -0.4 is 0 Å². The number of hydrogen-bond acceptors (Lipinski definition) is 1. The largest absolute Gasteiger partial charge is 0.361 e. The molecule has 0 radical (unpaired) electrons. The van der Waals surface area contributed by atoms with Crippen molar-refractivity contribution in [2.75, 3.05) is 0 Å². The molecule has 0 saturated carbocycles. The summed E-state index contributed by atoms with van der Waals surface area (Å²) in [4.78, 5) is 15.6. The van der Waals surface area contributed by atoms with Gasteiger partial charge in [0.25, 0.3) is 0 Å². The van der Waals surface area contributed by atoms with Crippen molar-refractivity contribution in [3.63, 3.8) is 0 Å². The van der Waals surface area contributed by atoms with Crippen LogP contribution in [0.5, 0.6) is 0 Å². The molecule has 0 aliphatic carbocycles. The van der Waals surface area contributed by atoms with Crippen LogP contribution in [0, 0.1) is 0 Å². The number of imidazole rings is 1. The van der Waals surface area contributed by atoms with Gasteiger partial charge in [0.05, 0.1) is 11.0 Å². The van der Waals surface area contributed by atoms with Crippen LogP contribution in [0.1, 0.15) is 11.1 Å². The van der Waals surface area contributed by atoms with Gasteiger partial charge >= 0.3 is 0 Å². The quantitative estimate of drug-likeness (QED) is 0.166. The van der Waals surface area contributed by atoms with Gasteiger partial charge in [0.15, 0.2) is 0 Å². The number of fused-ring (bicyclic) bond motifs is 8. The van der Waals surface area contributed by atoms with Gasteiger partial charge < -0.3 is 15.0 Å². The molecule has 6 heteroatoms. The van der Waals surface area contributed by atoms with Crippen LogP contribution >= 0.6 is 31.9 Å². The molecule has 3 N–H and O–H groups in total.